The number of hydrogen-bond donors (Lipinski definition) is 0. The first-order valence-electron chi connectivity index (χ1n) is 16.6. The zero-order valence-corrected chi connectivity index (χ0v) is 34.9. The summed E-state index contributed by atoms with van der Waals surface area (Å²) in [5, 5.41) is 0. The van der Waals surface area contributed by atoms with Gasteiger partial charge in [-0.1, -0.05) is 70.1 Å². The van der Waals surface area contributed by atoms with Crippen molar-refractivity contribution in [2.45, 2.75) is 26.9 Å². The van der Waals surface area contributed by atoms with E-state index in [1.54, 1.807) is 0 Å². The van der Waals surface area contributed by atoms with Gasteiger partial charge in [0.15, 0.2) is 0 Å². The molecule has 0 aliphatic carbocycles. The number of aromatic nitrogens is 2. The van der Waals surface area contributed by atoms with Gasteiger partial charge in [-0.05, 0) is 73.5 Å². The first kappa shape index (κ1) is 39.8. The third kappa shape index (κ3) is 9.89. The van der Waals surface area contributed by atoms with E-state index in [-0.39, 0.29) is 48.0 Å². The molecule has 0 aliphatic heterocycles. The fraction of sp³-hybridized carbons (Fsp3) is 0.250. The summed E-state index contributed by atoms with van der Waals surface area (Å²) in [7, 11) is 8.22. The molecule has 0 radical (unpaired) electrons. The number of anilines is 2. The van der Waals surface area contributed by atoms with Crippen LogP contribution in [0.2, 0.25) is 0 Å². The highest BCUT2D eigenvalue weighted by molar-refractivity contribution is 8.76. The second-order valence-electron chi connectivity index (χ2n) is 11.6. The topological polar surface area (TPSA) is 40.5 Å². The molecule has 4 aromatic carbocycles. The number of fused-ring (bicyclic) bond motifs is 2. The molecular weight excluding hydrogens is 886 g/mol. The van der Waals surface area contributed by atoms with E-state index in [0.717, 1.165) is 82.8 Å². The number of hydrogen-bond acceptors (Lipinski definition) is 6. The third-order valence-corrected chi connectivity index (χ3v) is 10.9. The van der Waals surface area contributed by atoms with Gasteiger partial charge in [-0.15, -0.1) is 0 Å². The van der Waals surface area contributed by atoms with Crippen molar-refractivity contribution < 1.29 is 65.9 Å². The van der Waals surface area contributed by atoms with Crippen LogP contribution in [0.15, 0.2) is 106 Å². The number of rotatable bonds is 15. The van der Waals surface area contributed by atoms with Crippen molar-refractivity contribution in [3.63, 3.8) is 0 Å². The van der Waals surface area contributed by atoms with Crippen LogP contribution >= 0.6 is 21.6 Å². The smallest absolute Gasteiger partial charge is 0.374 e. The molecule has 262 valence electrons. The summed E-state index contributed by atoms with van der Waals surface area (Å²) < 4.78 is 16.5. The largest absolute Gasteiger partial charge is 1.00 e. The van der Waals surface area contributed by atoms with Gasteiger partial charge in [-0.2, -0.15) is 9.13 Å². The van der Waals surface area contributed by atoms with E-state index in [2.05, 4.69) is 144 Å². The van der Waals surface area contributed by atoms with Gasteiger partial charge < -0.3 is 66.6 Å². The van der Waals surface area contributed by atoms with Gasteiger partial charge in [0.2, 0.25) is 11.2 Å². The van der Waals surface area contributed by atoms with E-state index in [1.807, 2.05) is 45.9 Å². The Kier molecular flexibility index (Phi) is 15.6. The van der Waals surface area contributed by atoms with E-state index in [0.29, 0.717) is 0 Å². The molecule has 0 fully saturated rings. The number of nitrogens with zero attached hydrogens (tertiary/aromatic N) is 4. The van der Waals surface area contributed by atoms with Crippen molar-refractivity contribution in [2.24, 2.45) is 0 Å². The van der Waals surface area contributed by atoms with Crippen LogP contribution in [-0.4, -0.2) is 38.7 Å². The predicted octanol–water partition coefficient (Wildman–Crippen LogP) is 3.10. The molecule has 2 heterocycles. The molecule has 0 saturated heterocycles. The first-order chi connectivity index (χ1) is 23.5. The Labute approximate surface area is 338 Å². The molecule has 0 atom stereocenters. The number of aryl methyl sites for hydroxylation is 2. The van der Waals surface area contributed by atoms with Crippen LogP contribution in [0, 0.1) is 0 Å². The number of para-hydroxylation sites is 4. The lowest BCUT2D eigenvalue weighted by molar-refractivity contribution is -0.674. The third-order valence-electron chi connectivity index (χ3n) is 8.51. The van der Waals surface area contributed by atoms with E-state index in [9.17, 15) is 0 Å². The summed E-state index contributed by atoms with van der Waals surface area (Å²) in [6.07, 6.45) is 8.36. The Morgan fingerprint density at radius 3 is 1.30 bits per heavy atom. The minimum absolute atomic E-state index is 0. The molecule has 0 aliphatic rings. The molecule has 6 aromatic rings. The highest BCUT2D eigenvalue weighted by atomic mass is 127. The Bertz CT molecular complexity index is 1860. The highest BCUT2D eigenvalue weighted by Gasteiger charge is 2.19. The van der Waals surface area contributed by atoms with Gasteiger partial charge in [-0.3, -0.25) is 0 Å². The van der Waals surface area contributed by atoms with Crippen LogP contribution in [0.5, 0.6) is 0 Å². The first-order valence-corrected chi connectivity index (χ1v) is 19.1. The lowest BCUT2D eigenvalue weighted by atomic mass is 10.2. The number of oxazole rings is 2. The quantitative estimate of drug-likeness (QED) is 0.0684. The average Bonchev–Trinajstić information content (AvgIpc) is 3.68. The molecule has 0 N–H and O–H groups in total. The Balaban J connectivity index is 0.00000281. The van der Waals surface area contributed by atoms with Crippen molar-refractivity contribution in [3.8, 4) is 0 Å². The standard InChI is InChI=1S/C40H44N4O2S2.2HI/c1-5-43-35-11-7-9-13-37(35)45-39(43)25-19-31-15-21-33(22-16-31)41(3)27-29-47-48-30-28-42(4)34-23-17-32(18-24-34)20-26-40-44(6-2)36-12-8-10-14-38(36)46-40;;/h7-26H,5-6,27-30H2,1-4H3;2*1H/q+2;;/p-2. The van der Waals surface area contributed by atoms with Crippen LogP contribution in [0.25, 0.3) is 46.5 Å². The molecule has 0 amide bonds. The van der Waals surface area contributed by atoms with Crippen molar-refractivity contribution in [3.05, 3.63) is 120 Å². The molecule has 0 unspecified atom stereocenters. The summed E-state index contributed by atoms with van der Waals surface area (Å²) in [6.45, 7) is 8.02. The SMILES string of the molecule is CC[n+]1c(/C=C/c2ccc(N(C)CCSSCCN(C)c3ccc(/C=C/c4oc5ccccc5[n+]4CC)cc3)cc2)oc2ccccc21.[I-].[I-]. The van der Waals surface area contributed by atoms with E-state index in [1.165, 1.54) is 11.4 Å². The zero-order chi connectivity index (χ0) is 33.3. The monoisotopic (exact) mass is 930 g/mol. The molecule has 0 bridgehead atoms. The van der Waals surface area contributed by atoms with Gasteiger partial charge in [-0.25, -0.2) is 0 Å². The molecule has 10 heteroatoms. The maximum absolute atomic E-state index is 6.08. The van der Waals surface area contributed by atoms with Crippen LogP contribution in [-0.2, 0) is 13.1 Å². The summed E-state index contributed by atoms with van der Waals surface area (Å²) in [6, 6.07) is 33.8. The summed E-state index contributed by atoms with van der Waals surface area (Å²) in [5.74, 6) is 3.87. The Morgan fingerprint density at radius 1 is 0.540 bits per heavy atom. The maximum Gasteiger partial charge on any atom is 0.374 e. The predicted molar refractivity (Wildman–Crippen MR) is 206 cm³/mol. The lowest BCUT2D eigenvalue weighted by Crippen LogP contribution is -3.00. The second kappa shape index (κ2) is 19.6. The highest BCUT2D eigenvalue weighted by Crippen LogP contribution is 2.24. The summed E-state index contributed by atoms with van der Waals surface area (Å²) in [5.41, 5.74) is 8.84. The number of halogens is 2. The van der Waals surface area contributed by atoms with Crippen LogP contribution in [0.1, 0.15) is 36.8 Å². The lowest BCUT2D eigenvalue weighted by Gasteiger charge is -2.20. The van der Waals surface area contributed by atoms with E-state index in [4.69, 9.17) is 8.83 Å². The Morgan fingerprint density at radius 2 is 0.920 bits per heavy atom. The van der Waals surface area contributed by atoms with Crippen LogP contribution in [0.3, 0.4) is 0 Å². The van der Waals surface area contributed by atoms with Crippen LogP contribution in [0.4, 0.5) is 11.4 Å². The molecular formula is C40H44I2N4O2S2. The molecule has 6 rings (SSSR count). The van der Waals surface area contributed by atoms with Gasteiger partial charge >= 0.3 is 11.8 Å². The maximum atomic E-state index is 6.08. The molecule has 50 heavy (non-hydrogen) atoms. The van der Waals surface area contributed by atoms with E-state index < -0.39 is 0 Å². The van der Waals surface area contributed by atoms with Crippen molar-refractivity contribution in [1.82, 2.24) is 0 Å². The molecule has 0 spiro atoms. The second-order valence-corrected chi connectivity index (χ2v) is 14.3. The summed E-state index contributed by atoms with van der Waals surface area (Å²) in [4.78, 5) is 4.65. The minimum atomic E-state index is 0. The zero-order valence-electron chi connectivity index (χ0n) is 29.0. The van der Waals surface area contributed by atoms with Crippen molar-refractivity contribution in [2.75, 3.05) is 48.5 Å². The van der Waals surface area contributed by atoms with Crippen molar-refractivity contribution in [1.29, 1.82) is 0 Å². The van der Waals surface area contributed by atoms with Gasteiger partial charge in [0.05, 0.1) is 12.2 Å². The summed E-state index contributed by atoms with van der Waals surface area (Å²) >= 11 is 0. The Hall–Kier alpha value is -2.94. The average molecular weight is 931 g/mol. The normalized spacial score (nSPS) is 11.4. The van der Waals surface area contributed by atoms with Crippen molar-refractivity contribution >= 4 is 79.5 Å². The molecule has 0 saturated carbocycles. The van der Waals surface area contributed by atoms with Gasteiger partial charge in [0.1, 0.15) is 13.1 Å². The fourth-order valence-electron chi connectivity index (χ4n) is 5.75. The molecule has 6 nitrogen and oxygen atoms in total. The number of benzene rings is 4. The molecule has 2 aromatic heterocycles. The minimum Gasteiger partial charge on any atom is -1.00 e. The van der Waals surface area contributed by atoms with Crippen LogP contribution < -0.4 is 66.9 Å². The fourth-order valence-corrected chi connectivity index (χ4v) is 7.83. The van der Waals surface area contributed by atoms with Gasteiger partial charge in [0, 0.05) is 62.2 Å². The van der Waals surface area contributed by atoms with Gasteiger partial charge in [0.25, 0.3) is 11.0 Å². The van der Waals surface area contributed by atoms with E-state index >= 15 is 0 Å².